The van der Waals surface area contributed by atoms with E-state index in [1.165, 1.54) is 48.9 Å². The van der Waals surface area contributed by atoms with E-state index in [0.29, 0.717) is 6.04 Å². The SMILES string of the molecule is CCCN1CCCC1c1nn(C)c2[nH]c(=O)c3c(c12)CCCC3. The van der Waals surface area contributed by atoms with Crippen molar-refractivity contribution in [2.45, 2.75) is 57.9 Å². The van der Waals surface area contributed by atoms with Crippen molar-refractivity contribution in [2.75, 3.05) is 13.1 Å². The molecule has 5 nitrogen and oxygen atoms in total. The number of aromatic nitrogens is 3. The quantitative estimate of drug-likeness (QED) is 0.947. The van der Waals surface area contributed by atoms with Crippen molar-refractivity contribution in [1.82, 2.24) is 19.7 Å². The van der Waals surface area contributed by atoms with Crippen molar-refractivity contribution >= 4 is 11.0 Å². The van der Waals surface area contributed by atoms with Crippen LogP contribution in [0.4, 0.5) is 0 Å². The number of pyridine rings is 1. The second-order valence-corrected chi connectivity index (χ2v) is 7.04. The van der Waals surface area contributed by atoms with Crippen LogP contribution in [0.25, 0.3) is 11.0 Å². The Hall–Kier alpha value is -1.62. The first-order valence-corrected chi connectivity index (χ1v) is 9.05. The van der Waals surface area contributed by atoms with Crippen molar-refractivity contribution in [3.63, 3.8) is 0 Å². The highest BCUT2D eigenvalue weighted by Crippen LogP contribution is 2.37. The van der Waals surface area contributed by atoms with E-state index in [-0.39, 0.29) is 5.56 Å². The van der Waals surface area contributed by atoms with E-state index >= 15 is 0 Å². The summed E-state index contributed by atoms with van der Waals surface area (Å²) >= 11 is 0. The molecule has 1 unspecified atom stereocenters. The Labute approximate surface area is 136 Å². The Balaban J connectivity index is 1.92. The fraction of sp³-hybridized carbons (Fsp3) is 0.667. The molecule has 2 aromatic rings. The molecule has 0 radical (unpaired) electrons. The Bertz CT molecular complexity index is 788. The van der Waals surface area contributed by atoms with Crippen LogP contribution in [-0.4, -0.2) is 32.8 Å². The molecule has 23 heavy (non-hydrogen) atoms. The van der Waals surface area contributed by atoms with Crippen LogP contribution in [0.5, 0.6) is 0 Å². The summed E-state index contributed by atoms with van der Waals surface area (Å²) in [6, 6.07) is 0.413. The molecule has 0 saturated carbocycles. The molecule has 4 rings (SSSR count). The number of aromatic amines is 1. The van der Waals surface area contributed by atoms with Gasteiger partial charge < -0.3 is 4.98 Å². The summed E-state index contributed by atoms with van der Waals surface area (Å²) in [5.41, 5.74) is 4.50. The lowest BCUT2D eigenvalue weighted by Gasteiger charge is -2.23. The standard InChI is InChI=1S/C18H26N4O/c1-3-10-22-11-6-9-14(22)16-15-12-7-4-5-8-13(12)18(23)19-17(15)21(2)20-16/h14H,3-11H2,1-2H3,(H,19,23). The number of aryl methyl sites for hydroxylation is 2. The third kappa shape index (κ3) is 2.33. The minimum absolute atomic E-state index is 0.0959. The molecule has 0 spiro atoms. The first kappa shape index (κ1) is 14.9. The molecular formula is C18H26N4O. The fourth-order valence-electron chi connectivity index (χ4n) is 4.52. The van der Waals surface area contributed by atoms with Gasteiger partial charge >= 0.3 is 0 Å². The van der Waals surface area contributed by atoms with Gasteiger partial charge in [0.05, 0.1) is 11.7 Å². The van der Waals surface area contributed by atoms with E-state index in [9.17, 15) is 4.79 Å². The lowest BCUT2D eigenvalue weighted by atomic mass is 9.89. The molecule has 3 heterocycles. The Morgan fingerprint density at radius 2 is 2.00 bits per heavy atom. The Morgan fingerprint density at radius 3 is 2.78 bits per heavy atom. The zero-order valence-electron chi connectivity index (χ0n) is 14.2. The van der Waals surface area contributed by atoms with Gasteiger partial charge in [0.2, 0.25) is 0 Å². The summed E-state index contributed by atoms with van der Waals surface area (Å²) in [4.78, 5) is 18.1. The van der Waals surface area contributed by atoms with E-state index in [0.717, 1.165) is 37.0 Å². The van der Waals surface area contributed by atoms with Crippen LogP contribution in [0.2, 0.25) is 0 Å². The molecule has 1 fully saturated rings. The number of fused-ring (bicyclic) bond motifs is 3. The molecule has 0 bridgehead atoms. The van der Waals surface area contributed by atoms with Crippen LogP contribution < -0.4 is 5.56 Å². The minimum Gasteiger partial charge on any atom is -0.307 e. The molecule has 5 heteroatoms. The van der Waals surface area contributed by atoms with Gasteiger partial charge in [0.15, 0.2) is 0 Å². The zero-order valence-corrected chi connectivity index (χ0v) is 14.2. The van der Waals surface area contributed by atoms with Gasteiger partial charge in [-0.05, 0) is 63.6 Å². The number of nitrogens with zero attached hydrogens (tertiary/aromatic N) is 3. The molecule has 2 aromatic heterocycles. The second kappa shape index (κ2) is 5.78. The summed E-state index contributed by atoms with van der Waals surface area (Å²) in [7, 11) is 1.95. The Kier molecular flexibility index (Phi) is 3.76. The minimum atomic E-state index is 0.0959. The van der Waals surface area contributed by atoms with E-state index in [1.54, 1.807) is 0 Å². The van der Waals surface area contributed by atoms with Gasteiger partial charge in [-0.3, -0.25) is 14.4 Å². The predicted octanol–water partition coefficient (Wildman–Crippen LogP) is 2.69. The number of H-pyrrole nitrogens is 1. The van der Waals surface area contributed by atoms with E-state index < -0.39 is 0 Å². The lowest BCUT2D eigenvalue weighted by molar-refractivity contribution is 0.254. The average Bonchev–Trinajstić information content (AvgIpc) is 3.13. The maximum atomic E-state index is 12.4. The molecular weight excluding hydrogens is 288 g/mol. The highest BCUT2D eigenvalue weighted by molar-refractivity contribution is 5.84. The maximum Gasteiger partial charge on any atom is 0.253 e. The van der Waals surface area contributed by atoms with Crippen molar-refractivity contribution in [3.05, 3.63) is 27.2 Å². The van der Waals surface area contributed by atoms with Crippen LogP contribution in [0.15, 0.2) is 4.79 Å². The lowest BCUT2D eigenvalue weighted by Crippen LogP contribution is -2.25. The van der Waals surface area contributed by atoms with Crippen LogP contribution in [-0.2, 0) is 19.9 Å². The molecule has 0 aromatic carbocycles. The smallest absolute Gasteiger partial charge is 0.253 e. The third-order valence-electron chi connectivity index (χ3n) is 5.54. The van der Waals surface area contributed by atoms with Crippen molar-refractivity contribution in [1.29, 1.82) is 0 Å². The number of rotatable bonds is 3. The largest absolute Gasteiger partial charge is 0.307 e. The van der Waals surface area contributed by atoms with E-state index in [2.05, 4.69) is 16.8 Å². The molecule has 124 valence electrons. The normalized spacial score (nSPS) is 21.9. The van der Waals surface area contributed by atoms with Crippen LogP contribution >= 0.6 is 0 Å². The molecule has 0 amide bonds. The summed E-state index contributed by atoms with van der Waals surface area (Å²) in [6.07, 6.45) is 7.85. The first-order valence-electron chi connectivity index (χ1n) is 9.05. The van der Waals surface area contributed by atoms with E-state index in [4.69, 9.17) is 5.10 Å². The van der Waals surface area contributed by atoms with Crippen molar-refractivity contribution in [3.8, 4) is 0 Å². The van der Waals surface area contributed by atoms with Gasteiger partial charge in [-0.1, -0.05) is 6.92 Å². The molecule has 1 N–H and O–H groups in total. The van der Waals surface area contributed by atoms with Gasteiger partial charge in [0.1, 0.15) is 5.65 Å². The molecule has 2 aliphatic rings. The van der Waals surface area contributed by atoms with Crippen LogP contribution in [0.3, 0.4) is 0 Å². The van der Waals surface area contributed by atoms with Crippen LogP contribution in [0, 0.1) is 0 Å². The highest BCUT2D eigenvalue weighted by atomic mass is 16.1. The van der Waals surface area contributed by atoms with E-state index in [1.807, 2.05) is 11.7 Å². The fourth-order valence-corrected chi connectivity index (χ4v) is 4.52. The maximum absolute atomic E-state index is 12.4. The van der Waals surface area contributed by atoms with Gasteiger partial charge in [-0.25, -0.2) is 0 Å². The Morgan fingerprint density at radius 1 is 1.22 bits per heavy atom. The van der Waals surface area contributed by atoms with Gasteiger partial charge in [-0.15, -0.1) is 0 Å². The molecule has 1 aliphatic carbocycles. The predicted molar refractivity (Wildman–Crippen MR) is 91.8 cm³/mol. The zero-order chi connectivity index (χ0) is 16.0. The summed E-state index contributed by atoms with van der Waals surface area (Å²) < 4.78 is 1.88. The summed E-state index contributed by atoms with van der Waals surface area (Å²) in [5, 5.41) is 6.10. The molecule has 1 aliphatic heterocycles. The first-order chi connectivity index (χ1) is 11.2. The second-order valence-electron chi connectivity index (χ2n) is 7.04. The summed E-state index contributed by atoms with van der Waals surface area (Å²) in [6.45, 7) is 4.54. The number of hydrogen-bond donors (Lipinski definition) is 1. The highest BCUT2D eigenvalue weighted by Gasteiger charge is 2.31. The topological polar surface area (TPSA) is 53.9 Å². The molecule has 1 atom stereocenters. The molecule has 1 saturated heterocycles. The van der Waals surface area contributed by atoms with Crippen molar-refractivity contribution < 1.29 is 0 Å². The third-order valence-corrected chi connectivity index (χ3v) is 5.54. The van der Waals surface area contributed by atoms with Gasteiger partial charge in [-0.2, -0.15) is 5.10 Å². The number of hydrogen-bond acceptors (Lipinski definition) is 3. The average molecular weight is 314 g/mol. The van der Waals surface area contributed by atoms with Gasteiger partial charge in [0, 0.05) is 18.0 Å². The summed E-state index contributed by atoms with van der Waals surface area (Å²) in [5.74, 6) is 0. The van der Waals surface area contributed by atoms with Gasteiger partial charge in [0.25, 0.3) is 5.56 Å². The number of nitrogens with one attached hydrogen (secondary N) is 1. The monoisotopic (exact) mass is 314 g/mol. The van der Waals surface area contributed by atoms with Crippen molar-refractivity contribution in [2.24, 2.45) is 7.05 Å². The van der Waals surface area contributed by atoms with Crippen LogP contribution in [0.1, 0.15) is 61.9 Å². The number of likely N-dealkylation sites (tertiary alicyclic amines) is 1.